The van der Waals surface area contributed by atoms with Gasteiger partial charge in [0.05, 0.1) is 29.9 Å². The lowest BCUT2D eigenvalue weighted by Gasteiger charge is -2.36. The number of amides is 2. The quantitative estimate of drug-likeness (QED) is 0.656. The van der Waals surface area contributed by atoms with Crippen LogP contribution in [-0.4, -0.2) is 45.7 Å². The van der Waals surface area contributed by atoms with Crippen molar-refractivity contribution in [3.05, 3.63) is 59.4 Å². The minimum absolute atomic E-state index is 0.0753. The minimum Gasteiger partial charge on any atom is -0.342 e. The average Bonchev–Trinajstić information content (AvgIpc) is 3.10. The fraction of sp³-hybridized carbons (Fsp3) is 0.286. The van der Waals surface area contributed by atoms with Gasteiger partial charge in [-0.05, 0) is 36.4 Å². The van der Waals surface area contributed by atoms with E-state index in [4.69, 9.17) is 11.6 Å². The normalized spacial score (nSPS) is 18.4. The van der Waals surface area contributed by atoms with E-state index in [9.17, 15) is 18.4 Å². The Morgan fingerprint density at radius 3 is 2.67 bits per heavy atom. The predicted molar refractivity (Wildman–Crippen MR) is 110 cm³/mol. The summed E-state index contributed by atoms with van der Waals surface area (Å²) in [6, 6.07) is 13.6. The highest BCUT2D eigenvalue weighted by atomic mass is 35.5. The number of anilines is 1. The van der Waals surface area contributed by atoms with Crippen LogP contribution < -0.4 is 5.32 Å². The average molecular weight is 433 g/mol. The largest absolute Gasteiger partial charge is 0.342 e. The Balaban J connectivity index is 1.45. The summed E-state index contributed by atoms with van der Waals surface area (Å²) in [5.41, 5.74) is 1.92. The van der Waals surface area contributed by atoms with Crippen molar-refractivity contribution in [2.24, 2.45) is 5.92 Å². The second kappa shape index (κ2) is 8.02. The fourth-order valence-electron chi connectivity index (χ4n) is 3.59. The van der Waals surface area contributed by atoms with Crippen LogP contribution in [-0.2, 0) is 16.0 Å². The van der Waals surface area contributed by atoms with E-state index in [1.165, 1.54) is 0 Å². The molecule has 4 rings (SSSR count). The second-order valence-corrected chi connectivity index (χ2v) is 7.84. The summed E-state index contributed by atoms with van der Waals surface area (Å²) in [7, 11) is 0. The van der Waals surface area contributed by atoms with Gasteiger partial charge in [0.25, 0.3) is 5.92 Å². The molecule has 156 valence electrons. The lowest BCUT2D eigenvalue weighted by atomic mass is 9.94. The molecule has 1 aromatic heterocycles. The molecular weight excluding hydrogens is 414 g/mol. The van der Waals surface area contributed by atoms with Gasteiger partial charge >= 0.3 is 0 Å². The van der Waals surface area contributed by atoms with E-state index in [2.05, 4.69) is 15.3 Å². The van der Waals surface area contributed by atoms with Gasteiger partial charge in [0.1, 0.15) is 5.82 Å². The molecule has 2 amide bonds. The maximum Gasteiger partial charge on any atom is 0.266 e. The molecule has 0 aliphatic carbocycles. The van der Waals surface area contributed by atoms with Gasteiger partial charge < -0.3 is 15.2 Å². The number of aromatic amines is 1. The van der Waals surface area contributed by atoms with Crippen LogP contribution in [0.3, 0.4) is 0 Å². The number of alkyl halides is 2. The van der Waals surface area contributed by atoms with Crippen molar-refractivity contribution >= 4 is 40.1 Å². The van der Waals surface area contributed by atoms with E-state index < -0.39 is 36.6 Å². The van der Waals surface area contributed by atoms with Crippen molar-refractivity contribution in [3.63, 3.8) is 0 Å². The van der Waals surface area contributed by atoms with Gasteiger partial charge in [-0.25, -0.2) is 13.8 Å². The Bertz CT molecular complexity index is 1050. The number of nitrogens with zero attached hydrogens (tertiary/aromatic N) is 2. The number of para-hydroxylation sites is 2. The van der Waals surface area contributed by atoms with Crippen molar-refractivity contribution in [1.29, 1.82) is 0 Å². The lowest BCUT2D eigenvalue weighted by molar-refractivity contribution is -0.148. The van der Waals surface area contributed by atoms with Crippen LogP contribution in [0.5, 0.6) is 0 Å². The summed E-state index contributed by atoms with van der Waals surface area (Å²) in [5, 5.41) is 3.12. The maximum atomic E-state index is 14.3. The number of imidazole rings is 1. The van der Waals surface area contributed by atoms with Crippen LogP contribution in [0.4, 0.5) is 14.5 Å². The zero-order valence-electron chi connectivity index (χ0n) is 15.9. The third kappa shape index (κ3) is 4.59. The summed E-state index contributed by atoms with van der Waals surface area (Å²) in [5.74, 6) is -4.83. The summed E-state index contributed by atoms with van der Waals surface area (Å²) < 4.78 is 28.6. The molecule has 1 aliphatic heterocycles. The van der Waals surface area contributed by atoms with Crippen LogP contribution in [0.1, 0.15) is 12.2 Å². The highest BCUT2D eigenvalue weighted by Gasteiger charge is 2.44. The predicted octanol–water partition coefficient (Wildman–Crippen LogP) is 3.88. The van der Waals surface area contributed by atoms with Crippen molar-refractivity contribution in [1.82, 2.24) is 14.9 Å². The number of likely N-dealkylation sites (tertiary alicyclic amines) is 1. The summed E-state index contributed by atoms with van der Waals surface area (Å²) in [4.78, 5) is 33.6. The molecule has 1 aliphatic rings. The number of fused-ring (bicyclic) bond motifs is 1. The first-order valence-corrected chi connectivity index (χ1v) is 9.82. The second-order valence-electron chi connectivity index (χ2n) is 7.40. The molecule has 2 N–H and O–H groups in total. The number of halogens is 3. The number of nitrogens with one attached hydrogen (secondary N) is 2. The van der Waals surface area contributed by atoms with Gasteiger partial charge in [0, 0.05) is 23.7 Å². The van der Waals surface area contributed by atoms with E-state index in [0.29, 0.717) is 22.1 Å². The molecule has 2 aromatic carbocycles. The highest BCUT2D eigenvalue weighted by molar-refractivity contribution is 6.30. The smallest absolute Gasteiger partial charge is 0.266 e. The van der Waals surface area contributed by atoms with Crippen molar-refractivity contribution in [2.75, 3.05) is 18.4 Å². The molecule has 0 saturated carbocycles. The monoisotopic (exact) mass is 432 g/mol. The van der Waals surface area contributed by atoms with Crippen LogP contribution >= 0.6 is 11.6 Å². The van der Waals surface area contributed by atoms with Crippen molar-refractivity contribution in [3.8, 4) is 0 Å². The Kier molecular flexibility index (Phi) is 5.42. The third-order valence-electron chi connectivity index (χ3n) is 5.00. The third-order valence-corrected chi connectivity index (χ3v) is 5.25. The van der Waals surface area contributed by atoms with Crippen LogP contribution in [0, 0.1) is 5.92 Å². The number of carbonyl (C=O) groups excluding carboxylic acids is 2. The number of aromatic nitrogens is 2. The number of hydrogen-bond acceptors (Lipinski definition) is 3. The van der Waals surface area contributed by atoms with E-state index in [1.807, 2.05) is 18.2 Å². The van der Waals surface area contributed by atoms with Crippen LogP contribution in [0.15, 0.2) is 48.5 Å². The van der Waals surface area contributed by atoms with Crippen molar-refractivity contribution < 1.29 is 18.4 Å². The van der Waals surface area contributed by atoms with Gasteiger partial charge in [-0.2, -0.15) is 0 Å². The summed E-state index contributed by atoms with van der Waals surface area (Å²) in [6.45, 7) is -0.787. The number of hydrogen-bond donors (Lipinski definition) is 2. The molecule has 9 heteroatoms. The van der Waals surface area contributed by atoms with Gasteiger partial charge in [0.2, 0.25) is 11.8 Å². The van der Waals surface area contributed by atoms with Gasteiger partial charge in [-0.3, -0.25) is 9.59 Å². The van der Waals surface area contributed by atoms with E-state index in [1.54, 1.807) is 30.3 Å². The van der Waals surface area contributed by atoms with Gasteiger partial charge in [0.15, 0.2) is 0 Å². The molecule has 3 aromatic rings. The Labute approximate surface area is 176 Å². The lowest BCUT2D eigenvalue weighted by Crippen LogP contribution is -2.52. The minimum atomic E-state index is -3.15. The van der Waals surface area contributed by atoms with E-state index in [-0.39, 0.29) is 13.0 Å². The Morgan fingerprint density at radius 2 is 1.93 bits per heavy atom. The zero-order chi connectivity index (χ0) is 21.3. The number of rotatable bonds is 4. The number of carbonyl (C=O) groups is 2. The number of benzene rings is 2. The molecule has 6 nitrogen and oxygen atoms in total. The molecule has 30 heavy (non-hydrogen) atoms. The molecule has 1 atom stereocenters. The maximum absolute atomic E-state index is 14.3. The molecule has 0 radical (unpaired) electrons. The van der Waals surface area contributed by atoms with E-state index in [0.717, 1.165) is 10.4 Å². The van der Waals surface area contributed by atoms with Crippen molar-refractivity contribution in [2.45, 2.75) is 18.8 Å². The fourth-order valence-corrected chi connectivity index (χ4v) is 3.71. The van der Waals surface area contributed by atoms with Crippen LogP contribution in [0.2, 0.25) is 5.02 Å². The SMILES string of the molecule is O=C(Nc1ccc(Cl)cc1)C1CN(C(=O)Cc2nc3ccccc3[nH]2)CC(F)(F)C1. The first-order chi connectivity index (χ1) is 14.3. The standard InChI is InChI=1S/C21H19ClF2N4O2/c22-14-5-7-15(8-6-14)25-20(30)13-10-21(23,24)12-28(11-13)19(29)9-18-26-16-3-1-2-4-17(16)27-18/h1-8,13H,9-12H2,(H,25,30)(H,26,27). The number of piperidine rings is 1. The highest BCUT2D eigenvalue weighted by Crippen LogP contribution is 2.31. The Hall–Kier alpha value is -3.00. The summed E-state index contributed by atoms with van der Waals surface area (Å²) >= 11 is 5.82. The molecular formula is C21H19ClF2N4O2. The molecule has 2 heterocycles. The molecule has 1 unspecified atom stereocenters. The molecule has 1 fully saturated rings. The first kappa shape index (κ1) is 20.3. The zero-order valence-corrected chi connectivity index (χ0v) is 16.6. The Morgan fingerprint density at radius 1 is 1.20 bits per heavy atom. The molecule has 0 bridgehead atoms. The first-order valence-electron chi connectivity index (χ1n) is 9.45. The van der Waals surface area contributed by atoms with Gasteiger partial charge in [-0.15, -0.1) is 0 Å². The van der Waals surface area contributed by atoms with Crippen LogP contribution in [0.25, 0.3) is 11.0 Å². The topological polar surface area (TPSA) is 78.1 Å². The number of H-pyrrole nitrogens is 1. The summed E-state index contributed by atoms with van der Waals surface area (Å²) in [6.07, 6.45) is -0.753. The van der Waals surface area contributed by atoms with E-state index >= 15 is 0 Å². The molecule has 0 spiro atoms. The van der Waals surface area contributed by atoms with Gasteiger partial charge in [-0.1, -0.05) is 23.7 Å². The molecule has 1 saturated heterocycles.